The van der Waals surface area contributed by atoms with Crippen LogP contribution in [0.2, 0.25) is 0 Å². The maximum absolute atomic E-state index is 5.12. The SMILES string of the molecule is CCC(C)NC(=S)NN=C(C)c1ccccn1.[Cl][Cu][Cl]. The molecule has 2 N–H and O–H groups in total. The van der Waals surface area contributed by atoms with Gasteiger partial charge in [-0.05, 0) is 44.6 Å². The Kier molecular flexibility index (Phi) is 12.1. The molecule has 0 aliphatic heterocycles. The Hall–Kier alpha value is -0.391. The molecule has 1 aromatic rings. The van der Waals surface area contributed by atoms with Gasteiger partial charge in [0, 0.05) is 12.2 Å². The summed E-state index contributed by atoms with van der Waals surface area (Å²) in [6, 6.07) is 6.06. The molecule has 0 radical (unpaired) electrons. The molecule has 0 aliphatic rings. The molecular formula is C12H18Cl2CuN4S. The van der Waals surface area contributed by atoms with Gasteiger partial charge in [0.1, 0.15) is 0 Å². The van der Waals surface area contributed by atoms with E-state index in [1.54, 1.807) is 6.20 Å². The van der Waals surface area contributed by atoms with E-state index in [0.717, 1.165) is 31.0 Å². The average molecular weight is 385 g/mol. The first kappa shape index (κ1) is 19.6. The van der Waals surface area contributed by atoms with E-state index in [2.05, 4.69) is 54.9 Å². The van der Waals surface area contributed by atoms with Crippen LogP contribution in [0.5, 0.6) is 0 Å². The molecule has 117 valence electrons. The Labute approximate surface area is 140 Å². The van der Waals surface area contributed by atoms with Gasteiger partial charge in [-0.2, -0.15) is 5.10 Å². The van der Waals surface area contributed by atoms with Gasteiger partial charge in [-0.15, -0.1) is 0 Å². The molecule has 1 atom stereocenters. The molecule has 0 aromatic carbocycles. The fourth-order valence-electron chi connectivity index (χ4n) is 1.13. The second-order valence-corrected chi connectivity index (χ2v) is 5.81. The van der Waals surface area contributed by atoms with Gasteiger partial charge in [0.15, 0.2) is 5.11 Å². The van der Waals surface area contributed by atoms with E-state index in [0.29, 0.717) is 11.2 Å². The number of aromatic nitrogens is 1. The topological polar surface area (TPSA) is 49.3 Å². The van der Waals surface area contributed by atoms with Crippen molar-refractivity contribution < 1.29 is 13.1 Å². The Bertz CT molecular complexity index is 417. The molecule has 1 unspecified atom stereocenters. The third-order valence-electron chi connectivity index (χ3n) is 2.35. The van der Waals surface area contributed by atoms with E-state index in [4.69, 9.17) is 12.2 Å². The zero-order valence-electron chi connectivity index (χ0n) is 11.5. The van der Waals surface area contributed by atoms with Gasteiger partial charge in [0.2, 0.25) is 0 Å². The normalized spacial score (nSPS) is 12.2. The van der Waals surface area contributed by atoms with Crippen molar-refractivity contribution in [3.63, 3.8) is 0 Å². The molecule has 1 heterocycles. The number of hydrazone groups is 1. The quantitative estimate of drug-likeness (QED) is 0.361. The van der Waals surface area contributed by atoms with Gasteiger partial charge in [0.05, 0.1) is 11.4 Å². The molecule has 0 spiro atoms. The summed E-state index contributed by atoms with van der Waals surface area (Å²) < 4.78 is 0. The van der Waals surface area contributed by atoms with Crippen molar-refractivity contribution in [2.45, 2.75) is 33.2 Å². The second kappa shape index (κ2) is 12.4. The Morgan fingerprint density at radius 1 is 1.50 bits per heavy atom. The predicted molar refractivity (Wildman–Crippen MR) is 86.8 cm³/mol. The monoisotopic (exact) mass is 383 g/mol. The number of hydrogen-bond acceptors (Lipinski definition) is 3. The van der Waals surface area contributed by atoms with E-state index in [1.807, 2.05) is 25.1 Å². The Morgan fingerprint density at radius 2 is 2.15 bits per heavy atom. The third-order valence-corrected chi connectivity index (χ3v) is 2.56. The molecule has 20 heavy (non-hydrogen) atoms. The van der Waals surface area contributed by atoms with E-state index in [-0.39, 0.29) is 0 Å². The Balaban J connectivity index is 0.00000110. The predicted octanol–water partition coefficient (Wildman–Crippen LogP) is 3.44. The number of halogens is 2. The van der Waals surface area contributed by atoms with Crippen molar-refractivity contribution in [2.75, 3.05) is 0 Å². The molecule has 0 bridgehead atoms. The van der Waals surface area contributed by atoms with Crippen LogP contribution in [0.3, 0.4) is 0 Å². The summed E-state index contributed by atoms with van der Waals surface area (Å²) in [4.78, 5) is 4.20. The summed E-state index contributed by atoms with van der Waals surface area (Å²) >= 11 is 5.87. The molecule has 8 heteroatoms. The molecule has 1 aromatic heterocycles. The minimum atomic E-state index is 0.348. The minimum absolute atomic E-state index is 0.348. The van der Waals surface area contributed by atoms with Crippen LogP contribution in [0, 0.1) is 0 Å². The van der Waals surface area contributed by atoms with Crippen molar-refractivity contribution in [1.29, 1.82) is 0 Å². The van der Waals surface area contributed by atoms with Crippen LogP contribution in [-0.2, 0) is 13.1 Å². The van der Waals surface area contributed by atoms with Gasteiger partial charge < -0.3 is 5.32 Å². The van der Waals surface area contributed by atoms with Crippen LogP contribution >= 0.6 is 32.4 Å². The molecule has 4 nitrogen and oxygen atoms in total. The van der Waals surface area contributed by atoms with Crippen LogP contribution in [-0.4, -0.2) is 21.8 Å². The van der Waals surface area contributed by atoms with E-state index in [1.165, 1.54) is 0 Å². The number of hydrogen-bond donors (Lipinski definition) is 2. The number of thiocarbonyl (C=S) groups is 1. The van der Waals surface area contributed by atoms with Crippen LogP contribution < -0.4 is 10.7 Å². The zero-order chi connectivity index (χ0) is 15.4. The first-order valence-corrected chi connectivity index (χ1v) is 8.88. The summed E-state index contributed by atoms with van der Waals surface area (Å²) in [6.45, 7) is 6.06. The summed E-state index contributed by atoms with van der Waals surface area (Å²) in [5.41, 5.74) is 4.46. The van der Waals surface area contributed by atoms with Crippen molar-refractivity contribution >= 4 is 43.2 Å². The Morgan fingerprint density at radius 3 is 2.65 bits per heavy atom. The fraction of sp³-hybridized carbons (Fsp3) is 0.417. The van der Waals surface area contributed by atoms with Gasteiger partial charge >= 0.3 is 33.3 Å². The number of rotatable bonds is 4. The van der Waals surface area contributed by atoms with Crippen molar-refractivity contribution in [3.8, 4) is 0 Å². The van der Waals surface area contributed by atoms with Crippen LogP contribution in [0.15, 0.2) is 29.5 Å². The van der Waals surface area contributed by atoms with Gasteiger partial charge in [-0.1, -0.05) is 13.0 Å². The number of nitrogens with zero attached hydrogens (tertiary/aromatic N) is 2. The summed E-state index contributed by atoms with van der Waals surface area (Å²) in [5.74, 6) is 0. The second-order valence-electron chi connectivity index (χ2n) is 3.85. The van der Waals surface area contributed by atoms with E-state index >= 15 is 0 Å². The molecule has 0 aliphatic carbocycles. The van der Waals surface area contributed by atoms with Gasteiger partial charge in [-0.3, -0.25) is 10.4 Å². The van der Waals surface area contributed by atoms with Gasteiger partial charge in [0.25, 0.3) is 0 Å². The molecule has 1 rings (SSSR count). The van der Waals surface area contributed by atoms with Crippen LogP contribution in [0.1, 0.15) is 32.9 Å². The van der Waals surface area contributed by atoms with E-state index in [9.17, 15) is 0 Å². The van der Waals surface area contributed by atoms with Crippen molar-refractivity contribution in [1.82, 2.24) is 15.7 Å². The standard InChI is InChI=1S/C12H18N4S.2ClH.Cu/c1-4-9(2)14-12(17)16-15-10(3)11-7-5-6-8-13-11;;;/h5-9H,4H2,1-3H3,(H2,14,16,17);2*1H;/q;;;+2/p-2. The average Bonchev–Trinajstić information content (AvgIpc) is 2.46. The molecule has 0 saturated carbocycles. The third kappa shape index (κ3) is 9.50. The van der Waals surface area contributed by atoms with Crippen LogP contribution in [0.4, 0.5) is 0 Å². The molecule has 0 fully saturated rings. The fourth-order valence-corrected chi connectivity index (χ4v) is 1.37. The number of nitrogens with one attached hydrogen (secondary N) is 2. The summed E-state index contributed by atoms with van der Waals surface area (Å²) in [7, 11) is 9.34. The van der Waals surface area contributed by atoms with E-state index < -0.39 is 0 Å². The van der Waals surface area contributed by atoms with Crippen LogP contribution in [0.25, 0.3) is 0 Å². The molecule has 0 amide bonds. The first-order valence-electron chi connectivity index (χ1n) is 5.88. The number of pyridine rings is 1. The zero-order valence-corrected chi connectivity index (χ0v) is 14.7. The van der Waals surface area contributed by atoms with Gasteiger partial charge in [-0.25, -0.2) is 0 Å². The van der Waals surface area contributed by atoms with Crippen molar-refractivity contribution in [3.05, 3.63) is 30.1 Å². The molecule has 0 saturated heterocycles. The molecular weight excluding hydrogens is 367 g/mol. The summed E-state index contributed by atoms with van der Waals surface area (Å²) in [5, 5.41) is 7.85. The maximum atomic E-state index is 5.12. The van der Waals surface area contributed by atoms with Crippen molar-refractivity contribution in [2.24, 2.45) is 5.10 Å². The first-order chi connectivity index (χ1) is 9.54. The summed E-state index contributed by atoms with van der Waals surface area (Å²) in [6.07, 6.45) is 2.76.